The van der Waals surface area contributed by atoms with Gasteiger partial charge in [-0.1, -0.05) is 44.2 Å². The van der Waals surface area contributed by atoms with Gasteiger partial charge in [-0.15, -0.1) is 10.2 Å². The number of para-hydroxylation sites is 1. The number of fused-ring (bicyclic) bond motifs is 1. The molecule has 0 fully saturated rings. The van der Waals surface area contributed by atoms with Crippen molar-refractivity contribution < 1.29 is 9.13 Å². The van der Waals surface area contributed by atoms with Gasteiger partial charge in [0, 0.05) is 17.4 Å². The van der Waals surface area contributed by atoms with Gasteiger partial charge in [-0.2, -0.15) is 0 Å². The first-order valence-electron chi connectivity index (χ1n) is 6.97. The third kappa shape index (κ3) is 2.85. The fourth-order valence-corrected chi connectivity index (χ4v) is 3.12. The van der Waals surface area contributed by atoms with E-state index in [1.165, 1.54) is 6.07 Å². The van der Waals surface area contributed by atoms with E-state index in [1.54, 1.807) is 17.4 Å². The van der Waals surface area contributed by atoms with Crippen LogP contribution in [0, 0.1) is 5.82 Å². The lowest BCUT2D eigenvalue weighted by molar-refractivity contribution is 0.260. The van der Waals surface area contributed by atoms with Crippen LogP contribution in [0.2, 0.25) is 0 Å². The first kappa shape index (κ1) is 14.3. The van der Waals surface area contributed by atoms with Crippen molar-refractivity contribution >= 4 is 16.5 Å². The fourth-order valence-electron chi connectivity index (χ4n) is 2.27. The third-order valence-corrected chi connectivity index (χ3v) is 4.67. The molecule has 1 aromatic carbocycles. The molecule has 2 heterocycles. The second-order valence-electron chi connectivity index (χ2n) is 6.15. The molecule has 1 aliphatic rings. The van der Waals surface area contributed by atoms with Gasteiger partial charge in [0.15, 0.2) is 11.6 Å². The van der Waals surface area contributed by atoms with E-state index in [0.717, 1.165) is 22.1 Å². The summed E-state index contributed by atoms with van der Waals surface area (Å²) in [5, 5.41) is 13.5. The Labute approximate surface area is 127 Å². The summed E-state index contributed by atoms with van der Waals surface area (Å²) < 4.78 is 19.2. The van der Waals surface area contributed by atoms with E-state index >= 15 is 0 Å². The van der Waals surface area contributed by atoms with Crippen LogP contribution in [-0.2, 0) is 5.41 Å². The molecule has 0 unspecified atom stereocenters. The van der Waals surface area contributed by atoms with Crippen LogP contribution in [-0.4, -0.2) is 16.8 Å². The summed E-state index contributed by atoms with van der Waals surface area (Å²) in [6, 6.07) is 5.02. The van der Waals surface area contributed by atoms with Crippen LogP contribution in [0.5, 0.6) is 5.75 Å². The molecule has 1 N–H and O–H groups in total. The van der Waals surface area contributed by atoms with Crippen molar-refractivity contribution in [3.05, 3.63) is 34.6 Å². The molecule has 0 saturated carbocycles. The number of hydrogen-bond acceptors (Lipinski definition) is 5. The maximum Gasteiger partial charge on any atom is 0.206 e. The Kier molecular flexibility index (Phi) is 3.57. The minimum absolute atomic E-state index is 0.00483. The Balaban J connectivity index is 1.84. The maximum atomic E-state index is 13.8. The Morgan fingerprint density at radius 3 is 2.86 bits per heavy atom. The zero-order valence-electron chi connectivity index (χ0n) is 12.3. The second-order valence-corrected chi connectivity index (χ2v) is 7.13. The number of halogens is 1. The lowest BCUT2D eigenvalue weighted by Gasteiger charge is -2.26. The molecule has 1 aliphatic heterocycles. The van der Waals surface area contributed by atoms with Gasteiger partial charge in [-0.3, -0.25) is 0 Å². The van der Waals surface area contributed by atoms with Gasteiger partial charge in [0.2, 0.25) is 5.13 Å². The number of aromatic nitrogens is 2. The summed E-state index contributed by atoms with van der Waals surface area (Å²) in [4.78, 5) is 0. The lowest BCUT2D eigenvalue weighted by Crippen LogP contribution is -2.21. The fraction of sp³-hybridized carbons (Fsp3) is 0.467. The predicted molar refractivity (Wildman–Crippen MR) is 81.5 cm³/mol. The SMILES string of the molecule is CC(C)(C)c1nnc(N[C@H]2CCOc3c(F)cccc32)s1. The molecule has 3 rings (SSSR count). The van der Waals surface area contributed by atoms with E-state index in [-0.39, 0.29) is 17.3 Å². The van der Waals surface area contributed by atoms with Crippen LogP contribution in [0.1, 0.15) is 43.8 Å². The molecule has 2 aromatic rings. The van der Waals surface area contributed by atoms with E-state index < -0.39 is 0 Å². The van der Waals surface area contributed by atoms with Gasteiger partial charge in [-0.25, -0.2) is 4.39 Å². The van der Waals surface area contributed by atoms with Gasteiger partial charge in [0.05, 0.1) is 12.6 Å². The highest BCUT2D eigenvalue weighted by Gasteiger charge is 2.26. The molecule has 0 bridgehead atoms. The summed E-state index contributed by atoms with van der Waals surface area (Å²) in [6.45, 7) is 6.82. The molecule has 0 saturated heterocycles. The van der Waals surface area contributed by atoms with Gasteiger partial charge in [-0.05, 0) is 6.07 Å². The zero-order valence-corrected chi connectivity index (χ0v) is 13.1. The molecular weight excluding hydrogens is 289 g/mol. The Bertz CT molecular complexity index is 651. The van der Waals surface area contributed by atoms with Crippen LogP contribution < -0.4 is 10.1 Å². The number of nitrogens with one attached hydrogen (secondary N) is 1. The number of hydrogen-bond donors (Lipinski definition) is 1. The smallest absolute Gasteiger partial charge is 0.206 e. The Morgan fingerprint density at radius 2 is 2.14 bits per heavy atom. The van der Waals surface area contributed by atoms with Gasteiger partial charge < -0.3 is 10.1 Å². The zero-order chi connectivity index (χ0) is 15.0. The van der Waals surface area contributed by atoms with Crippen LogP contribution in [0.4, 0.5) is 9.52 Å². The van der Waals surface area contributed by atoms with Crippen molar-refractivity contribution in [2.75, 3.05) is 11.9 Å². The quantitative estimate of drug-likeness (QED) is 0.914. The molecule has 0 amide bonds. The first-order chi connectivity index (χ1) is 9.95. The molecule has 0 aliphatic carbocycles. The highest BCUT2D eigenvalue weighted by molar-refractivity contribution is 7.15. The van der Waals surface area contributed by atoms with E-state index in [1.807, 2.05) is 6.07 Å². The van der Waals surface area contributed by atoms with Crippen molar-refractivity contribution in [3.63, 3.8) is 0 Å². The number of ether oxygens (including phenoxy) is 1. The first-order valence-corrected chi connectivity index (χ1v) is 7.78. The summed E-state index contributed by atoms with van der Waals surface area (Å²) in [5.41, 5.74) is 0.825. The molecule has 21 heavy (non-hydrogen) atoms. The Morgan fingerprint density at radius 1 is 1.33 bits per heavy atom. The maximum absolute atomic E-state index is 13.8. The second kappa shape index (κ2) is 5.26. The lowest BCUT2D eigenvalue weighted by atomic mass is 9.98. The molecule has 112 valence electrons. The largest absolute Gasteiger partial charge is 0.490 e. The molecular formula is C15H18FN3OS. The summed E-state index contributed by atoms with van der Waals surface area (Å²) in [7, 11) is 0. The highest BCUT2D eigenvalue weighted by Crippen LogP contribution is 2.37. The van der Waals surface area contributed by atoms with Crippen LogP contribution >= 0.6 is 11.3 Å². The van der Waals surface area contributed by atoms with E-state index in [4.69, 9.17) is 4.74 Å². The average Bonchev–Trinajstić information content (AvgIpc) is 2.89. The van der Waals surface area contributed by atoms with Gasteiger partial charge >= 0.3 is 0 Å². The molecule has 4 nitrogen and oxygen atoms in total. The molecule has 0 spiro atoms. The number of benzene rings is 1. The van der Waals surface area contributed by atoms with Crippen LogP contribution in [0.3, 0.4) is 0 Å². The average molecular weight is 307 g/mol. The molecule has 0 radical (unpaired) electrons. The van der Waals surface area contributed by atoms with Crippen molar-refractivity contribution in [1.82, 2.24) is 10.2 Å². The van der Waals surface area contributed by atoms with Crippen LogP contribution in [0.25, 0.3) is 0 Å². The molecule has 1 atom stereocenters. The summed E-state index contributed by atoms with van der Waals surface area (Å²) >= 11 is 1.54. The molecule has 6 heteroatoms. The van der Waals surface area contributed by atoms with E-state index in [2.05, 4.69) is 36.3 Å². The van der Waals surface area contributed by atoms with Crippen LogP contribution in [0.15, 0.2) is 18.2 Å². The summed E-state index contributed by atoms with van der Waals surface area (Å²) in [5.74, 6) is 0.0356. The van der Waals surface area contributed by atoms with E-state index in [0.29, 0.717) is 12.4 Å². The number of nitrogens with zero attached hydrogens (tertiary/aromatic N) is 2. The number of anilines is 1. The monoisotopic (exact) mass is 307 g/mol. The van der Waals surface area contributed by atoms with Crippen molar-refractivity contribution in [1.29, 1.82) is 0 Å². The predicted octanol–water partition coefficient (Wildman–Crippen LogP) is 3.91. The standard InChI is InChI=1S/C15H18FN3OS/c1-15(2,3)13-18-19-14(21-13)17-11-7-8-20-12-9(11)5-4-6-10(12)16/h4-6,11H,7-8H2,1-3H3,(H,17,19)/t11-/m0/s1. The normalized spacial score (nSPS) is 18.0. The summed E-state index contributed by atoms with van der Waals surface area (Å²) in [6.07, 6.45) is 0.779. The topological polar surface area (TPSA) is 47.0 Å². The van der Waals surface area contributed by atoms with Gasteiger partial charge in [0.25, 0.3) is 0 Å². The van der Waals surface area contributed by atoms with E-state index in [9.17, 15) is 4.39 Å². The molecule has 1 aromatic heterocycles. The Hall–Kier alpha value is -1.69. The van der Waals surface area contributed by atoms with Gasteiger partial charge in [0.1, 0.15) is 5.01 Å². The van der Waals surface area contributed by atoms with Crippen molar-refractivity contribution in [2.45, 2.75) is 38.6 Å². The van der Waals surface area contributed by atoms with Crippen molar-refractivity contribution in [2.24, 2.45) is 0 Å². The van der Waals surface area contributed by atoms with Crippen molar-refractivity contribution in [3.8, 4) is 5.75 Å². The third-order valence-electron chi connectivity index (χ3n) is 3.39. The minimum atomic E-state index is -0.313. The number of rotatable bonds is 2. The highest BCUT2D eigenvalue weighted by atomic mass is 32.1. The minimum Gasteiger partial charge on any atom is -0.490 e.